The van der Waals surface area contributed by atoms with Crippen LogP contribution in [0.25, 0.3) is 0 Å². The second-order valence-corrected chi connectivity index (χ2v) is 4.15. The molecule has 0 bridgehead atoms. The minimum Gasteiger partial charge on any atom is -0.360 e. The Balaban J connectivity index is 1.73. The highest BCUT2D eigenvalue weighted by atomic mass is 16.5. The van der Waals surface area contributed by atoms with Gasteiger partial charge in [0.25, 0.3) is 0 Å². The Morgan fingerprint density at radius 3 is 3.00 bits per heavy atom. The number of rotatable bonds is 4. The van der Waals surface area contributed by atoms with Gasteiger partial charge in [-0.2, -0.15) is 0 Å². The molecule has 0 atom stereocenters. The summed E-state index contributed by atoms with van der Waals surface area (Å²) in [5.74, 6) is 0.636. The molecular weight excluding hydrogens is 194 g/mol. The lowest BCUT2D eigenvalue weighted by Gasteiger charge is -2.37. The molecule has 1 saturated carbocycles. The van der Waals surface area contributed by atoms with E-state index in [1.807, 2.05) is 0 Å². The van der Waals surface area contributed by atoms with Crippen LogP contribution in [0.3, 0.4) is 0 Å². The van der Waals surface area contributed by atoms with E-state index in [4.69, 9.17) is 10.3 Å². The Bertz CT molecular complexity index is 330. The molecule has 5 nitrogen and oxygen atoms in total. The van der Waals surface area contributed by atoms with Crippen molar-refractivity contribution in [1.29, 1.82) is 0 Å². The fourth-order valence-electron chi connectivity index (χ4n) is 1.71. The topological polar surface area (TPSA) is 81.2 Å². The minimum absolute atomic E-state index is 0.0198. The van der Waals surface area contributed by atoms with Crippen LogP contribution in [0.1, 0.15) is 31.4 Å². The van der Waals surface area contributed by atoms with E-state index in [0.29, 0.717) is 18.7 Å². The van der Waals surface area contributed by atoms with Crippen molar-refractivity contribution in [3.8, 4) is 0 Å². The summed E-state index contributed by atoms with van der Waals surface area (Å²) in [6.45, 7) is 0.384. The maximum Gasteiger partial charge on any atom is 0.222 e. The first-order chi connectivity index (χ1) is 7.18. The van der Waals surface area contributed by atoms with Gasteiger partial charge in [0.05, 0.1) is 12.7 Å². The van der Waals surface area contributed by atoms with Crippen LogP contribution in [0.5, 0.6) is 0 Å². The predicted octanol–water partition coefficient (Wildman–Crippen LogP) is 0.562. The van der Waals surface area contributed by atoms with E-state index in [0.717, 1.165) is 19.3 Å². The van der Waals surface area contributed by atoms with Gasteiger partial charge in [0.2, 0.25) is 5.91 Å². The highest BCUT2D eigenvalue weighted by molar-refractivity contribution is 5.77. The normalized spacial score (nSPS) is 18.2. The third-order valence-corrected chi connectivity index (χ3v) is 2.81. The summed E-state index contributed by atoms with van der Waals surface area (Å²) in [6.07, 6.45) is 4.98. The molecule has 0 unspecified atom stereocenters. The lowest BCUT2D eigenvalue weighted by molar-refractivity contribution is -0.123. The Labute approximate surface area is 88.0 Å². The van der Waals surface area contributed by atoms with Crippen molar-refractivity contribution in [3.63, 3.8) is 0 Å². The van der Waals surface area contributed by atoms with Crippen molar-refractivity contribution < 1.29 is 9.32 Å². The molecule has 0 saturated heterocycles. The van der Waals surface area contributed by atoms with Gasteiger partial charge in [-0.3, -0.25) is 4.79 Å². The lowest BCUT2D eigenvalue weighted by atomic mass is 9.75. The summed E-state index contributed by atoms with van der Waals surface area (Å²) in [5.41, 5.74) is 5.70. The minimum atomic E-state index is -0.258. The van der Waals surface area contributed by atoms with Gasteiger partial charge in [-0.05, 0) is 19.3 Å². The van der Waals surface area contributed by atoms with Crippen LogP contribution in [-0.4, -0.2) is 16.6 Å². The second kappa shape index (κ2) is 4.02. The number of hydrogen-bond donors (Lipinski definition) is 2. The van der Waals surface area contributed by atoms with E-state index in [1.165, 1.54) is 0 Å². The van der Waals surface area contributed by atoms with Crippen LogP contribution < -0.4 is 11.1 Å². The molecule has 3 N–H and O–H groups in total. The summed E-state index contributed by atoms with van der Waals surface area (Å²) >= 11 is 0. The Hall–Kier alpha value is -1.36. The van der Waals surface area contributed by atoms with Crippen molar-refractivity contribution >= 4 is 5.91 Å². The molecule has 1 aromatic heterocycles. The van der Waals surface area contributed by atoms with Gasteiger partial charge < -0.3 is 15.6 Å². The standard InChI is InChI=1S/C10H15N3O2/c11-10(3-1-4-10)6-9(14)12-7-8-2-5-13-15-8/h2,5H,1,3-4,6-7,11H2,(H,12,14). The SMILES string of the molecule is NC1(CC(=O)NCc2ccno2)CCC1. The van der Waals surface area contributed by atoms with Crippen LogP contribution in [0.15, 0.2) is 16.8 Å². The molecule has 0 aromatic carbocycles. The summed E-state index contributed by atoms with van der Waals surface area (Å²) in [5, 5.41) is 6.31. The van der Waals surface area contributed by atoms with Crippen molar-refractivity contribution in [2.75, 3.05) is 0 Å². The van der Waals surface area contributed by atoms with Crippen LogP contribution in [0.4, 0.5) is 0 Å². The zero-order chi connectivity index (χ0) is 10.7. The third kappa shape index (κ3) is 2.56. The highest BCUT2D eigenvalue weighted by Crippen LogP contribution is 2.31. The molecule has 0 radical (unpaired) electrons. The number of amides is 1. The van der Waals surface area contributed by atoms with Gasteiger partial charge in [-0.25, -0.2) is 0 Å². The molecule has 5 heteroatoms. The van der Waals surface area contributed by atoms with Gasteiger partial charge >= 0.3 is 0 Å². The fraction of sp³-hybridized carbons (Fsp3) is 0.600. The first-order valence-electron chi connectivity index (χ1n) is 5.13. The number of carbonyl (C=O) groups is 1. The van der Waals surface area contributed by atoms with Gasteiger partial charge in [0.15, 0.2) is 5.76 Å². The maximum absolute atomic E-state index is 11.5. The molecule has 1 aliphatic rings. The van der Waals surface area contributed by atoms with E-state index in [1.54, 1.807) is 12.3 Å². The van der Waals surface area contributed by atoms with E-state index in [-0.39, 0.29) is 11.4 Å². The molecule has 2 rings (SSSR count). The molecule has 1 fully saturated rings. The average molecular weight is 209 g/mol. The Morgan fingerprint density at radius 1 is 1.67 bits per heavy atom. The molecule has 15 heavy (non-hydrogen) atoms. The van der Waals surface area contributed by atoms with Gasteiger partial charge in [0.1, 0.15) is 0 Å². The molecule has 1 amide bonds. The van der Waals surface area contributed by atoms with Crippen molar-refractivity contribution in [2.24, 2.45) is 5.73 Å². The molecule has 82 valence electrons. The molecule has 0 aliphatic heterocycles. The first kappa shape index (κ1) is 10.2. The summed E-state index contributed by atoms with van der Waals surface area (Å²) in [4.78, 5) is 11.5. The lowest BCUT2D eigenvalue weighted by Crippen LogP contribution is -2.49. The largest absolute Gasteiger partial charge is 0.360 e. The van der Waals surface area contributed by atoms with Crippen LogP contribution >= 0.6 is 0 Å². The monoisotopic (exact) mass is 209 g/mol. The zero-order valence-corrected chi connectivity index (χ0v) is 8.53. The quantitative estimate of drug-likeness (QED) is 0.759. The number of aromatic nitrogens is 1. The number of nitrogens with two attached hydrogens (primary N) is 1. The molecular formula is C10H15N3O2. The molecule has 0 spiro atoms. The molecule has 1 aliphatic carbocycles. The van der Waals surface area contributed by atoms with Crippen molar-refractivity contribution in [3.05, 3.63) is 18.0 Å². The fourth-order valence-corrected chi connectivity index (χ4v) is 1.71. The molecule has 1 aromatic rings. The number of nitrogens with zero attached hydrogens (tertiary/aromatic N) is 1. The second-order valence-electron chi connectivity index (χ2n) is 4.15. The number of hydrogen-bond acceptors (Lipinski definition) is 4. The third-order valence-electron chi connectivity index (χ3n) is 2.81. The summed E-state index contributed by atoms with van der Waals surface area (Å²) in [6, 6.07) is 1.72. The number of carbonyl (C=O) groups excluding carboxylic acids is 1. The van der Waals surface area contributed by atoms with Crippen molar-refractivity contribution in [1.82, 2.24) is 10.5 Å². The Morgan fingerprint density at radius 2 is 2.47 bits per heavy atom. The molecule has 1 heterocycles. The average Bonchev–Trinajstić information content (AvgIpc) is 2.64. The van der Waals surface area contributed by atoms with Crippen molar-refractivity contribution in [2.45, 2.75) is 37.8 Å². The first-order valence-corrected chi connectivity index (χ1v) is 5.13. The van der Waals surface area contributed by atoms with Crippen LogP contribution in [0, 0.1) is 0 Å². The number of nitrogens with one attached hydrogen (secondary N) is 1. The maximum atomic E-state index is 11.5. The van der Waals surface area contributed by atoms with Gasteiger partial charge in [0, 0.05) is 18.0 Å². The summed E-state index contributed by atoms with van der Waals surface area (Å²) < 4.78 is 4.86. The van der Waals surface area contributed by atoms with Crippen LogP contribution in [-0.2, 0) is 11.3 Å². The smallest absolute Gasteiger partial charge is 0.222 e. The van der Waals surface area contributed by atoms with E-state index < -0.39 is 0 Å². The summed E-state index contributed by atoms with van der Waals surface area (Å²) in [7, 11) is 0. The van der Waals surface area contributed by atoms with Gasteiger partial charge in [-0.1, -0.05) is 5.16 Å². The van der Waals surface area contributed by atoms with Crippen LogP contribution in [0.2, 0.25) is 0 Å². The highest BCUT2D eigenvalue weighted by Gasteiger charge is 2.34. The van der Waals surface area contributed by atoms with E-state index in [9.17, 15) is 4.79 Å². The Kier molecular flexibility index (Phi) is 2.73. The zero-order valence-electron chi connectivity index (χ0n) is 8.53. The predicted molar refractivity (Wildman–Crippen MR) is 53.7 cm³/mol. The van der Waals surface area contributed by atoms with E-state index in [2.05, 4.69) is 10.5 Å². The van der Waals surface area contributed by atoms with E-state index >= 15 is 0 Å². The van der Waals surface area contributed by atoms with Gasteiger partial charge in [-0.15, -0.1) is 0 Å².